The summed E-state index contributed by atoms with van der Waals surface area (Å²) in [7, 11) is 0. The van der Waals surface area contributed by atoms with Crippen LogP contribution in [0.4, 0.5) is 14.5 Å². The van der Waals surface area contributed by atoms with Crippen LogP contribution in [-0.4, -0.2) is 12.0 Å². The Morgan fingerprint density at radius 2 is 1.81 bits per heavy atom. The molecule has 0 fully saturated rings. The Bertz CT molecular complexity index is 447. The molecule has 4 heteroatoms. The van der Waals surface area contributed by atoms with Gasteiger partial charge in [-0.25, -0.2) is 8.78 Å². The van der Waals surface area contributed by atoms with E-state index < -0.39 is 12.0 Å². The maximum absolute atomic E-state index is 13.3. The molecule has 0 saturated heterocycles. The van der Waals surface area contributed by atoms with E-state index in [2.05, 4.69) is 0 Å². The quantitative estimate of drug-likeness (QED) is 0.565. The Morgan fingerprint density at radius 1 is 1.19 bits per heavy atom. The third-order valence-corrected chi connectivity index (χ3v) is 2.51. The molecule has 1 aromatic carbocycles. The zero-order valence-corrected chi connectivity index (χ0v) is 8.53. The van der Waals surface area contributed by atoms with E-state index >= 15 is 0 Å². The Hall–Kier alpha value is -1.68. The first kappa shape index (κ1) is 10.8. The number of alkyl halides is 2. The summed E-state index contributed by atoms with van der Waals surface area (Å²) in [5.74, 6) is -2.41. The number of halogens is 2. The van der Waals surface area contributed by atoms with Gasteiger partial charge in [-0.15, -0.1) is 0 Å². The van der Waals surface area contributed by atoms with E-state index in [0.29, 0.717) is 11.3 Å². The van der Waals surface area contributed by atoms with Crippen molar-refractivity contribution in [3.63, 3.8) is 0 Å². The highest BCUT2D eigenvalue weighted by atomic mass is 19.2. The molecule has 0 bridgehead atoms. The van der Waals surface area contributed by atoms with Gasteiger partial charge in [0.05, 0.1) is 0 Å². The minimum atomic E-state index is -2.41. The van der Waals surface area contributed by atoms with Crippen molar-refractivity contribution in [3.05, 3.63) is 48.1 Å². The molecular weight excluding hydrogens is 210 g/mol. The minimum absolute atomic E-state index is 0.603. The van der Waals surface area contributed by atoms with Crippen LogP contribution < -0.4 is 11.5 Å². The molecule has 84 valence electrons. The van der Waals surface area contributed by atoms with Crippen LogP contribution in [0, 0.1) is 0 Å². The van der Waals surface area contributed by atoms with Crippen molar-refractivity contribution in [1.29, 1.82) is 0 Å². The number of hydrogen-bond acceptors (Lipinski definition) is 2. The highest BCUT2D eigenvalue weighted by Gasteiger charge is 2.33. The second-order valence-electron chi connectivity index (χ2n) is 3.81. The minimum Gasteiger partial charge on any atom is -0.399 e. The molecule has 16 heavy (non-hydrogen) atoms. The molecule has 0 aromatic heterocycles. The molecule has 2 rings (SSSR count). The van der Waals surface area contributed by atoms with Crippen LogP contribution in [-0.2, 0) is 0 Å². The smallest absolute Gasteiger partial charge is 0.213 e. The number of nitrogen functional groups attached to an aromatic ring is 1. The van der Waals surface area contributed by atoms with Crippen molar-refractivity contribution in [3.8, 4) is 0 Å². The van der Waals surface area contributed by atoms with Crippen LogP contribution >= 0.6 is 0 Å². The lowest BCUT2D eigenvalue weighted by atomic mass is 9.95. The number of hydrogen-bond donors (Lipinski definition) is 2. The molecule has 1 aromatic rings. The van der Waals surface area contributed by atoms with Gasteiger partial charge in [-0.2, -0.15) is 0 Å². The van der Waals surface area contributed by atoms with E-state index in [1.807, 2.05) is 0 Å². The molecule has 1 aliphatic carbocycles. The molecule has 2 unspecified atom stereocenters. The first-order valence-electron chi connectivity index (χ1n) is 4.88. The summed E-state index contributed by atoms with van der Waals surface area (Å²) in [6, 6.07) is 6.91. The van der Waals surface area contributed by atoms with E-state index in [4.69, 9.17) is 11.5 Å². The van der Waals surface area contributed by atoms with Gasteiger partial charge in [0.15, 0.2) is 6.17 Å². The first-order chi connectivity index (χ1) is 7.49. The number of nitrogens with two attached hydrogens (primary N) is 2. The largest absolute Gasteiger partial charge is 0.399 e. The average molecular weight is 222 g/mol. The molecule has 0 radical (unpaired) electrons. The number of allylic oxidation sites excluding steroid dienone is 2. The number of anilines is 1. The van der Waals surface area contributed by atoms with Crippen LogP contribution in [0.15, 0.2) is 42.5 Å². The Balaban J connectivity index is 2.31. The Labute approximate surface area is 92.2 Å². The van der Waals surface area contributed by atoms with Gasteiger partial charge >= 0.3 is 0 Å². The van der Waals surface area contributed by atoms with Crippen LogP contribution in [0.3, 0.4) is 0 Å². The average Bonchev–Trinajstić information content (AvgIpc) is 2.24. The summed E-state index contributed by atoms with van der Waals surface area (Å²) < 4.78 is 26.6. The number of rotatable bonds is 1. The van der Waals surface area contributed by atoms with Gasteiger partial charge in [0.2, 0.25) is 5.79 Å². The monoisotopic (exact) mass is 222 g/mol. The van der Waals surface area contributed by atoms with Crippen molar-refractivity contribution >= 4 is 11.3 Å². The molecule has 1 aliphatic rings. The van der Waals surface area contributed by atoms with Gasteiger partial charge < -0.3 is 5.73 Å². The molecule has 4 N–H and O–H groups in total. The van der Waals surface area contributed by atoms with E-state index in [0.717, 1.165) is 11.6 Å². The molecule has 0 heterocycles. The van der Waals surface area contributed by atoms with Crippen molar-refractivity contribution < 1.29 is 8.78 Å². The van der Waals surface area contributed by atoms with Crippen molar-refractivity contribution in [2.24, 2.45) is 5.73 Å². The maximum atomic E-state index is 13.3. The standard InChI is InChI=1S/C12H12F2N2/c13-11-7-9(5-6-12(11,14)16)8-1-3-10(15)4-2-8/h1-7,11H,15-16H2. The number of benzene rings is 1. The molecule has 0 saturated carbocycles. The van der Waals surface area contributed by atoms with Crippen molar-refractivity contribution in [2.75, 3.05) is 5.73 Å². The van der Waals surface area contributed by atoms with Crippen molar-refractivity contribution in [1.82, 2.24) is 0 Å². The second kappa shape index (κ2) is 3.72. The van der Waals surface area contributed by atoms with Gasteiger partial charge in [-0.3, -0.25) is 5.73 Å². The van der Waals surface area contributed by atoms with E-state index in [1.54, 1.807) is 24.3 Å². The first-order valence-corrected chi connectivity index (χ1v) is 4.88. The van der Waals surface area contributed by atoms with Crippen LogP contribution in [0.1, 0.15) is 5.56 Å². The summed E-state index contributed by atoms with van der Waals surface area (Å²) in [6.45, 7) is 0. The van der Waals surface area contributed by atoms with Gasteiger partial charge in [-0.1, -0.05) is 18.2 Å². The lowest BCUT2D eigenvalue weighted by molar-refractivity contribution is 0.132. The lowest BCUT2D eigenvalue weighted by Crippen LogP contribution is -2.42. The van der Waals surface area contributed by atoms with E-state index in [-0.39, 0.29) is 0 Å². The van der Waals surface area contributed by atoms with Gasteiger partial charge in [0.1, 0.15) is 0 Å². The SMILES string of the molecule is Nc1ccc(C2=CC(F)C(N)(F)C=C2)cc1. The summed E-state index contributed by atoms with van der Waals surface area (Å²) in [6.07, 6.45) is 1.85. The highest BCUT2D eigenvalue weighted by molar-refractivity contribution is 5.76. The van der Waals surface area contributed by atoms with Gasteiger partial charge in [-0.05, 0) is 35.4 Å². The van der Waals surface area contributed by atoms with Crippen LogP contribution in [0.5, 0.6) is 0 Å². The zero-order valence-electron chi connectivity index (χ0n) is 8.53. The normalized spacial score (nSPS) is 28.9. The molecule has 2 atom stereocenters. The second-order valence-corrected chi connectivity index (χ2v) is 3.81. The zero-order chi connectivity index (χ0) is 11.8. The van der Waals surface area contributed by atoms with E-state index in [1.165, 1.54) is 12.2 Å². The van der Waals surface area contributed by atoms with E-state index in [9.17, 15) is 8.78 Å². The Kier molecular flexibility index (Phi) is 2.52. The molecule has 2 nitrogen and oxygen atoms in total. The summed E-state index contributed by atoms with van der Waals surface area (Å²) >= 11 is 0. The van der Waals surface area contributed by atoms with Gasteiger partial charge in [0, 0.05) is 5.69 Å². The topological polar surface area (TPSA) is 52.0 Å². The Morgan fingerprint density at radius 3 is 2.38 bits per heavy atom. The third kappa shape index (κ3) is 1.97. The predicted octanol–water partition coefficient (Wildman–Crippen LogP) is 2.18. The molecule has 0 spiro atoms. The predicted molar refractivity (Wildman–Crippen MR) is 60.9 cm³/mol. The van der Waals surface area contributed by atoms with Gasteiger partial charge in [0.25, 0.3) is 0 Å². The maximum Gasteiger partial charge on any atom is 0.213 e. The molecular formula is C12H12F2N2. The van der Waals surface area contributed by atoms with Crippen LogP contribution in [0.25, 0.3) is 5.57 Å². The molecule has 0 aliphatic heterocycles. The fourth-order valence-electron chi connectivity index (χ4n) is 1.52. The summed E-state index contributed by atoms with van der Waals surface area (Å²) in [5, 5.41) is 0. The molecule has 0 amide bonds. The highest BCUT2D eigenvalue weighted by Crippen LogP contribution is 2.28. The fraction of sp³-hybridized carbons (Fsp3) is 0.167. The van der Waals surface area contributed by atoms with Crippen LogP contribution in [0.2, 0.25) is 0 Å². The fourth-order valence-corrected chi connectivity index (χ4v) is 1.52. The summed E-state index contributed by atoms with van der Waals surface area (Å²) in [4.78, 5) is 0. The summed E-state index contributed by atoms with van der Waals surface area (Å²) in [5.41, 5.74) is 12.6. The van der Waals surface area contributed by atoms with Crippen molar-refractivity contribution in [2.45, 2.75) is 12.0 Å². The lowest BCUT2D eigenvalue weighted by Gasteiger charge is -2.23. The third-order valence-electron chi connectivity index (χ3n) is 2.51.